The number of nitrogens with zero attached hydrogens (tertiary/aromatic N) is 2. The normalized spacial score (nSPS) is 11.3. The molecule has 0 atom stereocenters. The molecule has 6 heteroatoms. The van der Waals surface area contributed by atoms with Crippen molar-refractivity contribution in [3.8, 4) is 5.75 Å². The Labute approximate surface area is 141 Å². The van der Waals surface area contributed by atoms with Crippen LogP contribution in [0.5, 0.6) is 5.75 Å². The highest BCUT2D eigenvalue weighted by molar-refractivity contribution is 7.15. The summed E-state index contributed by atoms with van der Waals surface area (Å²) >= 11 is 1.38. The molecular formula is C17H23N3O2S. The van der Waals surface area contributed by atoms with Crippen molar-refractivity contribution < 1.29 is 9.53 Å². The van der Waals surface area contributed by atoms with Gasteiger partial charge in [0.25, 0.3) is 0 Å². The first-order chi connectivity index (χ1) is 10.8. The quantitative estimate of drug-likeness (QED) is 0.905. The molecule has 0 aliphatic carbocycles. The Morgan fingerprint density at radius 2 is 1.96 bits per heavy atom. The molecule has 0 aliphatic heterocycles. The topological polar surface area (TPSA) is 64.1 Å². The SMILES string of the molecule is Cc1ccc(OCCc2nnc(NC(=O)C(C)(C)C)s2)cc1C. The number of amides is 1. The minimum atomic E-state index is -0.446. The zero-order valence-electron chi connectivity index (χ0n) is 14.3. The number of hydrogen-bond donors (Lipinski definition) is 1. The van der Waals surface area contributed by atoms with Crippen LogP contribution in [0.3, 0.4) is 0 Å². The van der Waals surface area contributed by atoms with E-state index in [1.165, 1.54) is 22.5 Å². The van der Waals surface area contributed by atoms with Crippen LogP contribution in [0.1, 0.15) is 36.9 Å². The predicted molar refractivity (Wildman–Crippen MR) is 93.1 cm³/mol. The lowest BCUT2D eigenvalue weighted by Gasteiger charge is -2.15. The minimum absolute atomic E-state index is 0.0634. The van der Waals surface area contributed by atoms with Gasteiger partial charge in [0.1, 0.15) is 10.8 Å². The standard InChI is InChI=1S/C17H23N3O2S/c1-11-6-7-13(10-12(11)2)22-9-8-14-19-20-16(23-14)18-15(21)17(3,4)5/h6-7,10H,8-9H2,1-5H3,(H,18,20,21). The fraction of sp³-hybridized carbons (Fsp3) is 0.471. The Hall–Kier alpha value is -1.95. The first-order valence-corrected chi connectivity index (χ1v) is 8.41. The second kappa shape index (κ2) is 7.08. The van der Waals surface area contributed by atoms with Crippen LogP contribution in [0.25, 0.3) is 0 Å². The summed E-state index contributed by atoms with van der Waals surface area (Å²) in [6.07, 6.45) is 0.663. The summed E-state index contributed by atoms with van der Waals surface area (Å²) in [5, 5.41) is 12.3. The first-order valence-electron chi connectivity index (χ1n) is 7.59. The molecule has 0 bridgehead atoms. The molecule has 0 saturated heterocycles. The number of carbonyl (C=O) groups excluding carboxylic acids is 1. The number of ether oxygens (including phenoxy) is 1. The van der Waals surface area contributed by atoms with E-state index in [4.69, 9.17) is 4.74 Å². The molecule has 2 rings (SSSR count). The minimum Gasteiger partial charge on any atom is -0.493 e. The van der Waals surface area contributed by atoms with Gasteiger partial charge in [-0.3, -0.25) is 4.79 Å². The Morgan fingerprint density at radius 3 is 2.61 bits per heavy atom. The zero-order chi connectivity index (χ0) is 17.0. The molecule has 0 unspecified atom stereocenters. The highest BCUT2D eigenvalue weighted by Crippen LogP contribution is 2.21. The number of rotatable bonds is 5. The molecule has 1 aromatic carbocycles. The summed E-state index contributed by atoms with van der Waals surface area (Å²) in [6.45, 7) is 10.3. The summed E-state index contributed by atoms with van der Waals surface area (Å²) in [5.74, 6) is 0.797. The van der Waals surface area contributed by atoms with Gasteiger partial charge in [-0.2, -0.15) is 0 Å². The van der Waals surface area contributed by atoms with Crippen molar-refractivity contribution in [2.75, 3.05) is 11.9 Å². The fourth-order valence-corrected chi connectivity index (χ4v) is 2.47. The molecule has 1 N–H and O–H groups in total. The van der Waals surface area contributed by atoms with Gasteiger partial charge in [-0.05, 0) is 37.1 Å². The third kappa shape index (κ3) is 5.03. The second-order valence-electron chi connectivity index (χ2n) is 6.55. The van der Waals surface area contributed by atoms with Gasteiger partial charge in [-0.1, -0.05) is 38.2 Å². The van der Waals surface area contributed by atoms with Crippen LogP contribution in [0.4, 0.5) is 5.13 Å². The monoisotopic (exact) mass is 333 g/mol. The Kier molecular flexibility index (Phi) is 5.36. The third-order valence-corrected chi connectivity index (χ3v) is 4.33. The maximum atomic E-state index is 11.9. The summed E-state index contributed by atoms with van der Waals surface area (Å²) < 4.78 is 5.74. The number of carbonyl (C=O) groups is 1. The van der Waals surface area contributed by atoms with Gasteiger partial charge in [-0.25, -0.2) is 0 Å². The van der Waals surface area contributed by atoms with Crippen LogP contribution in [-0.4, -0.2) is 22.7 Å². The van der Waals surface area contributed by atoms with E-state index >= 15 is 0 Å². The largest absolute Gasteiger partial charge is 0.493 e. The maximum Gasteiger partial charge on any atom is 0.231 e. The van der Waals surface area contributed by atoms with Crippen molar-refractivity contribution in [3.05, 3.63) is 34.3 Å². The van der Waals surface area contributed by atoms with E-state index in [0.29, 0.717) is 18.2 Å². The van der Waals surface area contributed by atoms with E-state index in [-0.39, 0.29) is 5.91 Å². The van der Waals surface area contributed by atoms with Crippen molar-refractivity contribution in [1.29, 1.82) is 0 Å². The summed E-state index contributed by atoms with van der Waals surface area (Å²) in [7, 11) is 0. The van der Waals surface area contributed by atoms with Crippen LogP contribution in [0.2, 0.25) is 0 Å². The molecular weight excluding hydrogens is 310 g/mol. The number of anilines is 1. The van der Waals surface area contributed by atoms with Gasteiger partial charge in [0.2, 0.25) is 11.0 Å². The number of nitrogens with one attached hydrogen (secondary N) is 1. The molecule has 124 valence electrons. The summed E-state index contributed by atoms with van der Waals surface area (Å²) in [6, 6.07) is 6.05. The molecule has 0 saturated carbocycles. The smallest absolute Gasteiger partial charge is 0.231 e. The van der Waals surface area contributed by atoms with Crippen LogP contribution in [0.15, 0.2) is 18.2 Å². The zero-order valence-corrected chi connectivity index (χ0v) is 15.1. The van der Waals surface area contributed by atoms with E-state index in [0.717, 1.165) is 10.8 Å². The summed E-state index contributed by atoms with van der Waals surface area (Å²) in [4.78, 5) is 11.9. The second-order valence-corrected chi connectivity index (χ2v) is 7.61. The van der Waals surface area contributed by atoms with E-state index in [2.05, 4.69) is 35.4 Å². The maximum absolute atomic E-state index is 11.9. The lowest BCUT2D eigenvalue weighted by Crippen LogP contribution is -2.27. The number of benzene rings is 1. The molecule has 1 amide bonds. The van der Waals surface area contributed by atoms with Gasteiger partial charge in [0.05, 0.1) is 6.61 Å². The molecule has 0 radical (unpaired) electrons. The molecule has 1 aromatic heterocycles. The van der Waals surface area contributed by atoms with Crippen molar-refractivity contribution >= 4 is 22.4 Å². The van der Waals surface area contributed by atoms with Crippen LogP contribution < -0.4 is 10.1 Å². The molecule has 0 fully saturated rings. The van der Waals surface area contributed by atoms with Crippen molar-refractivity contribution in [2.24, 2.45) is 5.41 Å². The molecule has 0 spiro atoms. The Morgan fingerprint density at radius 1 is 1.22 bits per heavy atom. The van der Waals surface area contributed by atoms with Crippen LogP contribution in [0, 0.1) is 19.3 Å². The van der Waals surface area contributed by atoms with Gasteiger partial charge >= 0.3 is 0 Å². The molecule has 23 heavy (non-hydrogen) atoms. The Bertz CT molecular complexity index is 689. The van der Waals surface area contributed by atoms with Crippen molar-refractivity contribution in [1.82, 2.24) is 10.2 Å². The first kappa shape index (κ1) is 17.4. The molecule has 2 aromatic rings. The van der Waals surface area contributed by atoms with Crippen LogP contribution >= 0.6 is 11.3 Å². The van der Waals surface area contributed by atoms with Gasteiger partial charge in [0.15, 0.2) is 0 Å². The molecule has 5 nitrogen and oxygen atoms in total. The van der Waals surface area contributed by atoms with Gasteiger partial charge < -0.3 is 10.1 Å². The molecule has 0 aliphatic rings. The lowest BCUT2D eigenvalue weighted by molar-refractivity contribution is -0.123. The van der Waals surface area contributed by atoms with Gasteiger partial charge in [-0.15, -0.1) is 10.2 Å². The molecule has 1 heterocycles. The van der Waals surface area contributed by atoms with Crippen LogP contribution in [-0.2, 0) is 11.2 Å². The van der Waals surface area contributed by atoms with Crippen molar-refractivity contribution in [3.63, 3.8) is 0 Å². The highest BCUT2D eigenvalue weighted by Gasteiger charge is 2.22. The number of aromatic nitrogens is 2. The Balaban J connectivity index is 1.85. The summed E-state index contributed by atoms with van der Waals surface area (Å²) in [5.41, 5.74) is 2.02. The third-order valence-electron chi connectivity index (χ3n) is 3.43. The number of hydrogen-bond acceptors (Lipinski definition) is 5. The van der Waals surface area contributed by atoms with Crippen molar-refractivity contribution in [2.45, 2.75) is 41.0 Å². The fourth-order valence-electron chi connectivity index (χ4n) is 1.75. The van der Waals surface area contributed by atoms with E-state index in [9.17, 15) is 4.79 Å². The van der Waals surface area contributed by atoms with E-state index < -0.39 is 5.41 Å². The predicted octanol–water partition coefficient (Wildman–Crippen LogP) is 3.76. The number of aryl methyl sites for hydroxylation is 2. The van der Waals surface area contributed by atoms with E-state index in [1.54, 1.807) is 0 Å². The average molecular weight is 333 g/mol. The average Bonchev–Trinajstić information content (AvgIpc) is 2.89. The van der Waals surface area contributed by atoms with Gasteiger partial charge in [0, 0.05) is 11.8 Å². The van der Waals surface area contributed by atoms with E-state index in [1.807, 2.05) is 32.9 Å². The highest BCUT2D eigenvalue weighted by atomic mass is 32.1. The lowest BCUT2D eigenvalue weighted by atomic mass is 9.96.